The Morgan fingerprint density at radius 1 is 0.925 bits per heavy atom. The van der Waals surface area contributed by atoms with Crippen LogP contribution < -0.4 is 5.73 Å². The third-order valence-corrected chi connectivity index (χ3v) is 7.95. The molecule has 4 aromatic carbocycles. The number of benzene rings is 4. The van der Waals surface area contributed by atoms with E-state index in [4.69, 9.17) is 22.1 Å². The second-order valence-corrected chi connectivity index (χ2v) is 10.8. The SMILES string of the molecule is COC(=O)c1ccc(CC(C)c2c(CCN)n(C(c3ccccc3)c3ccccc3)c3ccc(Cl)cc23)cc1C. The van der Waals surface area contributed by atoms with E-state index in [1.807, 2.05) is 25.1 Å². The number of aromatic nitrogens is 1. The van der Waals surface area contributed by atoms with Crippen LogP contribution in [-0.4, -0.2) is 24.2 Å². The largest absolute Gasteiger partial charge is 0.465 e. The van der Waals surface area contributed by atoms with Gasteiger partial charge in [-0.15, -0.1) is 0 Å². The number of halogens is 1. The van der Waals surface area contributed by atoms with Gasteiger partial charge in [-0.25, -0.2) is 4.79 Å². The van der Waals surface area contributed by atoms with Crippen LogP contribution in [0.15, 0.2) is 97.1 Å². The van der Waals surface area contributed by atoms with Gasteiger partial charge in [0.05, 0.1) is 18.7 Å². The van der Waals surface area contributed by atoms with Gasteiger partial charge in [0, 0.05) is 28.0 Å². The highest BCUT2D eigenvalue weighted by molar-refractivity contribution is 6.31. The molecule has 1 heterocycles. The zero-order valence-corrected chi connectivity index (χ0v) is 24.0. The van der Waals surface area contributed by atoms with Crippen LogP contribution in [0, 0.1) is 6.92 Å². The van der Waals surface area contributed by atoms with Crippen molar-refractivity contribution in [2.45, 2.75) is 38.6 Å². The molecular weight excluding hydrogens is 516 g/mol. The first kappa shape index (κ1) is 27.7. The van der Waals surface area contributed by atoms with Crippen LogP contribution in [0.25, 0.3) is 10.9 Å². The summed E-state index contributed by atoms with van der Waals surface area (Å²) in [7, 11) is 1.41. The Morgan fingerprint density at radius 3 is 2.15 bits per heavy atom. The number of methoxy groups -OCH3 is 1. The van der Waals surface area contributed by atoms with Crippen molar-refractivity contribution in [3.63, 3.8) is 0 Å². The molecule has 5 heteroatoms. The van der Waals surface area contributed by atoms with E-state index in [9.17, 15) is 4.79 Å². The number of nitrogens with zero attached hydrogens (tertiary/aromatic N) is 1. The number of ether oxygens (including phenoxy) is 1. The first-order valence-electron chi connectivity index (χ1n) is 13.7. The minimum atomic E-state index is -0.312. The highest BCUT2D eigenvalue weighted by Gasteiger charge is 2.27. The van der Waals surface area contributed by atoms with E-state index in [0.717, 1.165) is 29.3 Å². The van der Waals surface area contributed by atoms with Crippen LogP contribution in [0.3, 0.4) is 0 Å². The first-order chi connectivity index (χ1) is 19.4. The summed E-state index contributed by atoms with van der Waals surface area (Å²) in [6.07, 6.45) is 1.55. The molecular formula is C35H35ClN2O2. The van der Waals surface area contributed by atoms with Gasteiger partial charge in [0.2, 0.25) is 0 Å². The van der Waals surface area contributed by atoms with Gasteiger partial charge in [-0.05, 0) is 77.9 Å². The molecule has 5 aromatic rings. The summed E-state index contributed by atoms with van der Waals surface area (Å²) in [6, 6.07) is 33.5. The number of carbonyl (C=O) groups excluding carboxylic acids is 1. The summed E-state index contributed by atoms with van der Waals surface area (Å²) in [5.74, 6) is -0.132. The van der Waals surface area contributed by atoms with Gasteiger partial charge < -0.3 is 15.0 Å². The summed E-state index contributed by atoms with van der Waals surface area (Å²) in [6.45, 7) is 4.76. The molecule has 0 fully saturated rings. The van der Waals surface area contributed by atoms with E-state index in [1.165, 1.54) is 35.1 Å². The Morgan fingerprint density at radius 2 is 1.57 bits per heavy atom. The monoisotopic (exact) mass is 550 g/mol. The highest BCUT2D eigenvalue weighted by Crippen LogP contribution is 2.41. The maximum Gasteiger partial charge on any atom is 0.338 e. The number of hydrogen-bond acceptors (Lipinski definition) is 3. The minimum absolute atomic E-state index is 0.0184. The number of rotatable bonds is 9. The fourth-order valence-electron chi connectivity index (χ4n) is 6.01. The second-order valence-electron chi connectivity index (χ2n) is 10.4. The third kappa shape index (κ3) is 5.42. The maximum atomic E-state index is 12.1. The molecule has 1 aromatic heterocycles. The Hall–Kier alpha value is -3.86. The van der Waals surface area contributed by atoms with Crippen molar-refractivity contribution in [1.29, 1.82) is 0 Å². The molecule has 2 N–H and O–H groups in total. The summed E-state index contributed by atoms with van der Waals surface area (Å²) >= 11 is 6.61. The number of carbonyl (C=O) groups is 1. The Balaban J connectivity index is 1.70. The van der Waals surface area contributed by atoms with Crippen molar-refractivity contribution >= 4 is 28.5 Å². The van der Waals surface area contributed by atoms with Crippen LogP contribution in [0.2, 0.25) is 5.02 Å². The summed E-state index contributed by atoms with van der Waals surface area (Å²) in [5, 5.41) is 1.87. The average Bonchev–Trinajstić information content (AvgIpc) is 3.27. The van der Waals surface area contributed by atoms with Crippen molar-refractivity contribution in [2.24, 2.45) is 5.73 Å². The number of fused-ring (bicyclic) bond motifs is 1. The smallest absolute Gasteiger partial charge is 0.338 e. The fraction of sp³-hybridized carbons (Fsp3) is 0.229. The maximum absolute atomic E-state index is 12.1. The molecule has 0 amide bonds. The molecule has 0 radical (unpaired) electrons. The Kier molecular flexibility index (Phi) is 8.39. The van der Waals surface area contributed by atoms with Gasteiger partial charge in [0.1, 0.15) is 0 Å². The molecule has 0 spiro atoms. The minimum Gasteiger partial charge on any atom is -0.465 e. The molecule has 40 heavy (non-hydrogen) atoms. The predicted octanol–water partition coefficient (Wildman–Crippen LogP) is 7.87. The van der Waals surface area contributed by atoms with Gasteiger partial charge >= 0.3 is 5.97 Å². The normalized spacial score (nSPS) is 12.2. The van der Waals surface area contributed by atoms with Crippen LogP contribution in [0.4, 0.5) is 0 Å². The quantitative estimate of drug-likeness (QED) is 0.190. The lowest BCUT2D eigenvalue weighted by atomic mass is 9.89. The first-order valence-corrected chi connectivity index (χ1v) is 14.1. The van der Waals surface area contributed by atoms with E-state index >= 15 is 0 Å². The fourth-order valence-corrected chi connectivity index (χ4v) is 6.18. The zero-order chi connectivity index (χ0) is 28.2. The summed E-state index contributed by atoms with van der Waals surface area (Å²) < 4.78 is 7.41. The molecule has 0 saturated heterocycles. The molecule has 0 aliphatic carbocycles. The van der Waals surface area contributed by atoms with Gasteiger partial charge in [0.15, 0.2) is 0 Å². The van der Waals surface area contributed by atoms with E-state index < -0.39 is 0 Å². The molecule has 0 aliphatic heterocycles. The van der Waals surface area contributed by atoms with Crippen molar-refractivity contribution in [2.75, 3.05) is 13.7 Å². The van der Waals surface area contributed by atoms with Gasteiger partial charge in [0.25, 0.3) is 0 Å². The van der Waals surface area contributed by atoms with E-state index in [-0.39, 0.29) is 17.9 Å². The highest BCUT2D eigenvalue weighted by atomic mass is 35.5. The zero-order valence-electron chi connectivity index (χ0n) is 23.2. The number of aryl methyl sites for hydroxylation is 1. The molecule has 204 valence electrons. The molecule has 0 aliphatic rings. The van der Waals surface area contributed by atoms with Crippen molar-refractivity contribution in [3.8, 4) is 0 Å². The lowest BCUT2D eigenvalue weighted by molar-refractivity contribution is 0.0600. The van der Waals surface area contributed by atoms with Crippen LogP contribution in [-0.2, 0) is 17.6 Å². The molecule has 1 atom stereocenters. The third-order valence-electron chi connectivity index (χ3n) is 7.71. The number of esters is 1. The standard InChI is InChI=1S/C35H35ClN2O2/c1-23-20-25(14-16-29(23)35(39)40-3)21-24(2)33-30-22-28(36)15-17-31(30)38(32(33)18-19-37)34(26-10-6-4-7-11-26)27-12-8-5-9-13-27/h4-17,20,22,24,34H,18-19,21,37H2,1-3H3. The van der Waals surface area contributed by atoms with Crippen molar-refractivity contribution in [1.82, 2.24) is 4.57 Å². The van der Waals surface area contributed by atoms with Gasteiger partial charge in [-0.1, -0.05) is 91.3 Å². The topological polar surface area (TPSA) is 57.2 Å². The van der Waals surface area contributed by atoms with Crippen LogP contribution >= 0.6 is 11.6 Å². The Labute approximate surface area is 241 Å². The van der Waals surface area contributed by atoms with Crippen molar-refractivity contribution in [3.05, 3.63) is 141 Å². The van der Waals surface area contributed by atoms with Crippen LogP contribution in [0.5, 0.6) is 0 Å². The van der Waals surface area contributed by atoms with E-state index in [1.54, 1.807) is 0 Å². The molecule has 5 rings (SSSR count). The molecule has 0 bridgehead atoms. The summed E-state index contributed by atoms with van der Waals surface area (Å²) in [4.78, 5) is 12.1. The molecule has 1 unspecified atom stereocenters. The summed E-state index contributed by atoms with van der Waals surface area (Å²) in [5.41, 5.74) is 15.0. The molecule has 0 saturated carbocycles. The van der Waals surface area contributed by atoms with E-state index in [0.29, 0.717) is 17.1 Å². The van der Waals surface area contributed by atoms with Gasteiger partial charge in [-0.2, -0.15) is 0 Å². The average molecular weight is 551 g/mol. The molecule has 4 nitrogen and oxygen atoms in total. The van der Waals surface area contributed by atoms with E-state index in [2.05, 4.69) is 90.4 Å². The Bertz CT molecular complexity index is 1590. The van der Waals surface area contributed by atoms with Crippen molar-refractivity contribution < 1.29 is 9.53 Å². The second kappa shape index (κ2) is 12.1. The number of nitrogens with two attached hydrogens (primary N) is 1. The predicted molar refractivity (Wildman–Crippen MR) is 164 cm³/mol. The number of hydrogen-bond donors (Lipinski definition) is 1. The van der Waals surface area contributed by atoms with Crippen LogP contribution in [0.1, 0.15) is 62.8 Å². The lowest BCUT2D eigenvalue weighted by Crippen LogP contribution is -2.18. The van der Waals surface area contributed by atoms with Gasteiger partial charge in [-0.3, -0.25) is 0 Å². The lowest BCUT2D eigenvalue weighted by Gasteiger charge is -2.25.